The van der Waals surface area contributed by atoms with Gasteiger partial charge in [-0.1, -0.05) is 0 Å². The van der Waals surface area contributed by atoms with Crippen LogP contribution in [0.15, 0.2) is 35.3 Å². The topological polar surface area (TPSA) is 95.8 Å². The molecule has 7 nitrogen and oxygen atoms in total. The van der Waals surface area contributed by atoms with Crippen LogP contribution in [0.3, 0.4) is 0 Å². The second kappa shape index (κ2) is 6.62. The van der Waals surface area contributed by atoms with Crippen LogP contribution in [0.4, 0.5) is 0 Å². The van der Waals surface area contributed by atoms with Crippen LogP contribution in [0.5, 0.6) is 5.75 Å². The summed E-state index contributed by atoms with van der Waals surface area (Å²) in [6, 6.07) is 7.06. The van der Waals surface area contributed by atoms with Gasteiger partial charge in [-0.2, -0.15) is 0 Å². The lowest BCUT2D eigenvalue weighted by Gasteiger charge is -2.10. The molecule has 3 heterocycles. The van der Waals surface area contributed by atoms with Gasteiger partial charge in [0, 0.05) is 18.2 Å². The van der Waals surface area contributed by atoms with Crippen molar-refractivity contribution >= 4 is 23.7 Å². The maximum absolute atomic E-state index is 12.2. The maximum atomic E-state index is 12.2. The van der Waals surface area contributed by atoms with E-state index in [1.165, 1.54) is 0 Å². The largest absolute Gasteiger partial charge is 0.508 e. The minimum Gasteiger partial charge on any atom is -0.508 e. The third-order valence-electron chi connectivity index (χ3n) is 4.21. The Kier molecular flexibility index (Phi) is 4.55. The van der Waals surface area contributed by atoms with Gasteiger partial charge in [-0.3, -0.25) is 9.55 Å². The first-order valence-electron chi connectivity index (χ1n) is 7.69. The van der Waals surface area contributed by atoms with Gasteiger partial charge in [-0.15, -0.1) is 12.4 Å². The zero-order chi connectivity index (χ0) is 15.8. The molecule has 1 unspecified atom stereocenters. The van der Waals surface area contributed by atoms with E-state index in [0.717, 1.165) is 24.9 Å². The summed E-state index contributed by atoms with van der Waals surface area (Å²) in [7, 11) is 0. The fourth-order valence-electron chi connectivity index (χ4n) is 2.99. The number of nitrogens with one attached hydrogen (secondary N) is 2. The number of aromatic hydroxyl groups is 1. The standard InChI is InChI=1S/C16H17N5O2.ClH/c22-12-5-3-10(4-6-12)13-8-18-14-15(19-13)21(16(23)20-14)9-11-2-1-7-17-11;/h3-6,8,11,17,22H,1-2,7,9H2,(H,18,20,23);1H. The third-order valence-corrected chi connectivity index (χ3v) is 4.21. The molecule has 1 atom stereocenters. The summed E-state index contributed by atoms with van der Waals surface area (Å²) in [5.74, 6) is 0.202. The Hall–Kier alpha value is -2.38. The van der Waals surface area contributed by atoms with Crippen molar-refractivity contribution in [3.63, 3.8) is 0 Å². The predicted molar refractivity (Wildman–Crippen MR) is 93.5 cm³/mol. The molecule has 126 valence electrons. The smallest absolute Gasteiger partial charge is 0.328 e. The molecule has 8 heteroatoms. The molecule has 1 saturated heterocycles. The van der Waals surface area contributed by atoms with E-state index in [9.17, 15) is 9.90 Å². The van der Waals surface area contributed by atoms with E-state index in [1.54, 1.807) is 35.0 Å². The van der Waals surface area contributed by atoms with Crippen LogP contribution < -0.4 is 11.0 Å². The van der Waals surface area contributed by atoms with Crippen LogP contribution >= 0.6 is 12.4 Å². The zero-order valence-corrected chi connectivity index (χ0v) is 13.7. The highest BCUT2D eigenvalue weighted by atomic mass is 35.5. The first kappa shape index (κ1) is 16.5. The molecule has 0 spiro atoms. The number of halogens is 1. The quantitative estimate of drug-likeness (QED) is 0.669. The van der Waals surface area contributed by atoms with Gasteiger partial charge in [-0.25, -0.2) is 14.8 Å². The lowest BCUT2D eigenvalue weighted by atomic mass is 10.1. The monoisotopic (exact) mass is 347 g/mol. The van der Waals surface area contributed by atoms with Gasteiger partial charge in [0.05, 0.1) is 11.9 Å². The fourth-order valence-corrected chi connectivity index (χ4v) is 2.99. The van der Waals surface area contributed by atoms with Crippen molar-refractivity contribution < 1.29 is 5.11 Å². The molecule has 1 aliphatic heterocycles. The van der Waals surface area contributed by atoms with E-state index >= 15 is 0 Å². The molecule has 0 amide bonds. The van der Waals surface area contributed by atoms with Crippen LogP contribution in [0, 0.1) is 0 Å². The van der Waals surface area contributed by atoms with Crippen molar-refractivity contribution in [2.75, 3.05) is 6.54 Å². The third kappa shape index (κ3) is 3.00. The minimum atomic E-state index is -0.184. The van der Waals surface area contributed by atoms with Gasteiger partial charge < -0.3 is 10.4 Å². The summed E-state index contributed by atoms with van der Waals surface area (Å²) >= 11 is 0. The molecule has 3 N–H and O–H groups in total. The molecule has 24 heavy (non-hydrogen) atoms. The molecule has 1 aromatic carbocycles. The highest BCUT2D eigenvalue weighted by Gasteiger charge is 2.18. The number of hydrogen-bond donors (Lipinski definition) is 3. The van der Waals surface area contributed by atoms with Crippen LogP contribution in [0.2, 0.25) is 0 Å². The molecule has 0 aliphatic carbocycles. The Labute approximate surface area is 144 Å². The lowest BCUT2D eigenvalue weighted by Crippen LogP contribution is -2.31. The number of benzene rings is 1. The van der Waals surface area contributed by atoms with E-state index in [1.807, 2.05) is 0 Å². The molecule has 0 bridgehead atoms. The van der Waals surface area contributed by atoms with Crippen LogP contribution in [0.1, 0.15) is 12.8 Å². The SMILES string of the molecule is Cl.O=c1[nH]c2ncc(-c3ccc(O)cc3)nc2n1CC1CCCN1. The lowest BCUT2D eigenvalue weighted by molar-refractivity contribution is 0.475. The zero-order valence-electron chi connectivity index (χ0n) is 12.9. The van der Waals surface area contributed by atoms with Gasteiger partial charge in [0.1, 0.15) is 5.75 Å². The summed E-state index contributed by atoms with van der Waals surface area (Å²) in [6.07, 6.45) is 3.82. The minimum absolute atomic E-state index is 0. The molecule has 1 aliphatic rings. The van der Waals surface area contributed by atoms with E-state index in [4.69, 9.17) is 0 Å². The van der Waals surface area contributed by atoms with E-state index in [-0.39, 0.29) is 23.8 Å². The molecule has 2 aromatic heterocycles. The van der Waals surface area contributed by atoms with Crippen LogP contribution in [0.25, 0.3) is 22.6 Å². The van der Waals surface area contributed by atoms with Crippen molar-refractivity contribution in [2.24, 2.45) is 0 Å². The summed E-state index contributed by atoms with van der Waals surface area (Å²) in [6.45, 7) is 1.58. The molecule has 0 saturated carbocycles. The normalized spacial score (nSPS) is 17.1. The van der Waals surface area contributed by atoms with E-state index in [2.05, 4.69) is 20.3 Å². The van der Waals surface area contributed by atoms with Gasteiger partial charge >= 0.3 is 5.69 Å². The Morgan fingerprint density at radius 1 is 1.29 bits per heavy atom. The summed E-state index contributed by atoms with van der Waals surface area (Å²) < 4.78 is 1.65. The first-order valence-corrected chi connectivity index (χ1v) is 7.69. The average Bonchev–Trinajstić information content (AvgIpc) is 3.17. The van der Waals surface area contributed by atoms with Crippen LogP contribution in [-0.4, -0.2) is 37.2 Å². The first-order chi connectivity index (χ1) is 11.2. The number of imidazole rings is 1. The number of hydrogen-bond acceptors (Lipinski definition) is 5. The number of phenolic OH excluding ortho intramolecular Hbond substituents is 1. The number of aromatic nitrogens is 4. The Morgan fingerprint density at radius 2 is 2.08 bits per heavy atom. The van der Waals surface area contributed by atoms with Gasteiger partial charge in [0.15, 0.2) is 11.3 Å². The predicted octanol–water partition coefficient (Wildman–Crippen LogP) is 1.67. The molecule has 1 fully saturated rings. The number of rotatable bonds is 3. The van der Waals surface area contributed by atoms with Crippen molar-refractivity contribution in [1.29, 1.82) is 0 Å². The highest BCUT2D eigenvalue weighted by Crippen LogP contribution is 2.21. The summed E-state index contributed by atoms with van der Waals surface area (Å²) in [5, 5.41) is 12.8. The molecule has 4 rings (SSSR count). The van der Waals surface area contributed by atoms with Crippen molar-refractivity contribution in [3.8, 4) is 17.0 Å². The second-order valence-corrected chi connectivity index (χ2v) is 5.81. The van der Waals surface area contributed by atoms with Crippen molar-refractivity contribution in [3.05, 3.63) is 40.9 Å². The molecule has 0 radical (unpaired) electrons. The van der Waals surface area contributed by atoms with E-state index in [0.29, 0.717) is 29.6 Å². The fraction of sp³-hybridized carbons (Fsp3) is 0.312. The summed E-state index contributed by atoms with van der Waals surface area (Å²) in [5.41, 5.74) is 2.39. The van der Waals surface area contributed by atoms with E-state index < -0.39 is 0 Å². The maximum Gasteiger partial charge on any atom is 0.328 e. The molecule has 3 aromatic rings. The highest BCUT2D eigenvalue weighted by molar-refractivity contribution is 5.85. The molecular formula is C16H18ClN5O2. The second-order valence-electron chi connectivity index (χ2n) is 5.81. The number of nitrogens with zero attached hydrogens (tertiary/aromatic N) is 3. The Morgan fingerprint density at radius 3 is 2.79 bits per heavy atom. The molecular weight excluding hydrogens is 330 g/mol. The van der Waals surface area contributed by atoms with Crippen LogP contribution in [-0.2, 0) is 6.54 Å². The van der Waals surface area contributed by atoms with Gasteiger partial charge in [-0.05, 0) is 43.7 Å². The Bertz CT molecular complexity index is 897. The Balaban J connectivity index is 0.00000169. The summed E-state index contributed by atoms with van der Waals surface area (Å²) in [4.78, 5) is 23.9. The van der Waals surface area contributed by atoms with Gasteiger partial charge in [0.2, 0.25) is 0 Å². The number of phenols is 1. The number of aromatic amines is 1. The van der Waals surface area contributed by atoms with Crippen molar-refractivity contribution in [1.82, 2.24) is 24.8 Å². The number of fused-ring (bicyclic) bond motifs is 1. The average molecular weight is 348 g/mol. The van der Waals surface area contributed by atoms with Gasteiger partial charge in [0.25, 0.3) is 0 Å². The number of H-pyrrole nitrogens is 1. The van der Waals surface area contributed by atoms with Crippen molar-refractivity contribution in [2.45, 2.75) is 25.4 Å².